The number of benzene rings is 1. The van der Waals surface area contributed by atoms with E-state index in [0.717, 1.165) is 17.7 Å². The lowest BCUT2D eigenvalue weighted by Gasteiger charge is -2.15. The van der Waals surface area contributed by atoms with Gasteiger partial charge in [0.05, 0.1) is 0 Å². The molecule has 82 valence electrons. The predicted molar refractivity (Wildman–Crippen MR) is 67.7 cm³/mol. The molecule has 0 saturated heterocycles. The van der Waals surface area contributed by atoms with E-state index in [0.29, 0.717) is 10.0 Å². The Morgan fingerprint density at radius 1 is 1.47 bits per heavy atom. The van der Waals surface area contributed by atoms with Gasteiger partial charge >= 0.3 is 0 Å². The summed E-state index contributed by atoms with van der Waals surface area (Å²) in [5.41, 5.74) is 2.16. The van der Waals surface area contributed by atoms with Crippen LogP contribution in [0.1, 0.15) is 25.5 Å². The summed E-state index contributed by atoms with van der Waals surface area (Å²) < 4.78 is 0. The zero-order valence-electron chi connectivity index (χ0n) is 8.98. The molecule has 0 heterocycles. The van der Waals surface area contributed by atoms with Gasteiger partial charge in [0.15, 0.2) is 0 Å². The lowest BCUT2D eigenvalue weighted by Crippen LogP contribution is -2.20. The molecular formula is C12H15Cl2N. The van der Waals surface area contributed by atoms with Gasteiger partial charge in [0.1, 0.15) is 0 Å². The van der Waals surface area contributed by atoms with Crippen LogP contribution in [0.15, 0.2) is 30.4 Å². The van der Waals surface area contributed by atoms with Crippen molar-refractivity contribution >= 4 is 23.2 Å². The molecule has 0 unspecified atom stereocenters. The Kier molecular flexibility index (Phi) is 4.65. The van der Waals surface area contributed by atoms with E-state index < -0.39 is 0 Å². The molecule has 1 rings (SSSR count). The third kappa shape index (κ3) is 3.86. The van der Waals surface area contributed by atoms with E-state index in [2.05, 4.69) is 18.8 Å². The van der Waals surface area contributed by atoms with Crippen LogP contribution in [0.2, 0.25) is 10.0 Å². The van der Waals surface area contributed by atoms with Gasteiger partial charge < -0.3 is 5.32 Å². The first kappa shape index (κ1) is 12.6. The Hall–Kier alpha value is -0.500. The van der Waals surface area contributed by atoms with E-state index in [1.807, 2.05) is 19.1 Å². The molecule has 1 nitrogen and oxygen atoms in total. The van der Waals surface area contributed by atoms with Crippen molar-refractivity contribution in [1.29, 1.82) is 0 Å². The molecule has 0 amide bonds. The fourth-order valence-corrected chi connectivity index (χ4v) is 1.86. The molecule has 1 aromatic rings. The Balaban J connectivity index is 2.73. The summed E-state index contributed by atoms with van der Waals surface area (Å²) in [6, 6.07) is 5.76. The summed E-state index contributed by atoms with van der Waals surface area (Å²) in [6.07, 6.45) is 0. The minimum atomic E-state index is 0.200. The first-order valence-electron chi connectivity index (χ1n) is 4.83. The number of rotatable bonds is 4. The van der Waals surface area contributed by atoms with Gasteiger partial charge in [0.25, 0.3) is 0 Å². The molecule has 0 bridgehead atoms. The highest BCUT2D eigenvalue weighted by molar-refractivity contribution is 6.35. The van der Waals surface area contributed by atoms with Crippen molar-refractivity contribution in [1.82, 2.24) is 5.32 Å². The third-order valence-corrected chi connectivity index (χ3v) is 2.70. The van der Waals surface area contributed by atoms with Crippen LogP contribution in [0, 0.1) is 0 Å². The fourth-order valence-electron chi connectivity index (χ4n) is 1.29. The van der Waals surface area contributed by atoms with Gasteiger partial charge in [-0.1, -0.05) is 41.4 Å². The van der Waals surface area contributed by atoms with Crippen molar-refractivity contribution in [3.63, 3.8) is 0 Å². The quantitative estimate of drug-likeness (QED) is 0.782. The second kappa shape index (κ2) is 5.55. The van der Waals surface area contributed by atoms with E-state index >= 15 is 0 Å². The van der Waals surface area contributed by atoms with Gasteiger partial charge in [-0.2, -0.15) is 0 Å². The standard InChI is InChI=1S/C12H15Cl2N/c1-8(2)7-15-9(3)11-5-4-10(13)6-12(11)14/h4-6,9,15H,1,7H2,2-3H3/t9-/m1/s1. The maximum atomic E-state index is 6.09. The molecule has 0 aromatic heterocycles. The van der Waals surface area contributed by atoms with E-state index in [-0.39, 0.29) is 6.04 Å². The zero-order chi connectivity index (χ0) is 11.4. The van der Waals surface area contributed by atoms with Crippen LogP contribution in [-0.2, 0) is 0 Å². The maximum Gasteiger partial charge on any atom is 0.0468 e. The highest BCUT2D eigenvalue weighted by Crippen LogP contribution is 2.25. The molecule has 15 heavy (non-hydrogen) atoms. The number of hydrogen-bond donors (Lipinski definition) is 1. The molecule has 0 radical (unpaired) electrons. The molecule has 1 aromatic carbocycles. The monoisotopic (exact) mass is 243 g/mol. The molecular weight excluding hydrogens is 229 g/mol. The summed E-state index contributed by atoms with van der Waals surface area (Å²) in [4.78, 5) is 0. The highest BCUT2D eigenvalue weighted by atomic mass is 35.5. The lowest BCUT2D eigenvalue weighted by atomic mass is 10.1. The zero-order valence-corrected chi connectivity index (χ0v) is 10.5. The summed E-state index contributed by atoms with van der Waals surface area (Å²) in [5.74, 6) is 0. The maximum absolute atomic E-state index is 6.09. The average molecular weight is 244 g/mol. The Morgan fingerprint density at radius 3 is 2.67 bits per heavy atom. The van der Waals surface area contributed by atoms with Crippen LogP contribution in [0.4, 0.5) is 0 Å². The molecule has 0 aliphatic carbocycles. The molecule has 0 spiro atoms. The predicted octanol–water partition coefficient (Wildman–Crippen LogP) is 4.22. The Morgan fingerprint density at radius 2 is 2.13 bits per heavy atom. The van der Waals surface area contributed by atoms with Gasteiger partial charge in [0, 0.05) is 22.6 Å². The molecule has 0 aliphatic rings. The van der Waals surface area contributed by atoms with Crippen molar-refractivity contribution < 1.29 is 0 Å². The van der Waals surface area contributed by atoms with Gasteiger partial charge in [-0.3, -0.25) is 0 Å². The summed E-state index contributed by atoms with van der Waals surface area (Å²) >= 11 is 11.9. The molecule has 1 N–H and O–H groups in total. The van der Waals surface area contributed by atoms with Gasteiger partial charge in [-0.15, -0.1) is 0 Å². The van der Waals surface area contributed by atoms with Crippen LogP contribution in [0.25, 0.3) is 0 Å². The second-order valence-corrected chi connectivity index (χ2v) is 4.57. The second-order valence-electron chi connectivity index (χ2n) is 3.73. The minimum Gasteiger partial charge on any atom is -0.306 e. The number of nitrogens with one attached hydrogen (secondary N) is 1. The van der Waals surface area contributed by atoms with Crippen molar-refractivity contribution in [2.75, 3.05) is 6.54 Å². The van der Waals surface area contributed by atoms with Crippen LogP contribution in [-0.4, -0.2) is 6.54 Å². The van der Waals surface area contributed by atoms with Crippen molar-refractivity contribution in [2.45, 2.75) is 19.9 Å². The molecule has 0 saturated carbocycles. The van der Waals surface area contributed by atoms with Crippen LogP contribution in [0.5, 0.6) is 0 Å². The average Bonchev–Trinajstić information content (AvgIpc) is 2.14. The van der Waals surface area contributed by atoms with E-state index in [1.165, 1.54) is 0 Å². The van der Waals surface area contributed by atoms with Crippen molar-refractivity contribution in [2.24, 2.45) is 0 Å². The third-order valence-electron chi connectivity index (χ3n) is 2.14. The van der Waals surface area contributed by atoms with Crippen LogP contribution in [0.3, 0.4) is 0 Å². The normalized spacial score (nSPS) is 12.5. The summed E-state index contributed by atoms with van der Waals surface area (Å²) in [5, 5.41) is 4.69. The minimum absolute atomic E-state index is 0.200. The van der Waals surface area contributed by atoms with E-state index in [1.54, 1.807) is 6.07 Å². The van der Waals surface area contributed by atoms with Crippen LogP contribution < -0.4 is 5.32 Å². The first-order chi connectivity index (χ1) is 7.00. The van der Waals surface area contributed by atoms with Crippen LogP contribution >= 0.6 is 23.2 Å². The molecule has 0 aliphatic heterocycles. The van der Waals surface area contributed by atoms with E-state index in [9.17, 15) is 0 Å². The van der Waals surface area contributed by atoms with E-state index in [4.69, 9.17) is 23.2 Å². The fraction of sp³-hybridized carbons (Fsp3) is 0.333. The highest BCUT2D eigenvalue weighted by Gasteiger charge is 2.08. The van der Waals surface area contributed by atoms with Gasteiger partial charge in [-0.25, -0.2) is 0 Å². The van der Waals surface area contributed by atoms with Gasteiger partial charge in [0.2, 0.25) is 0 Å². The van der Waals surface area contributed by atoms with Crippen molar-refractivity contribution in [3.05, 3.63) is 46.0 Å². The Labute approximate surface area is 101 Å². The molecule has 3 heteroatoms. The van der Waals surface area contributed by atoms with Crippen molar-refractivity contribution in [3.8, 4) is 0 Å². The Bertz CT molecular complexity index is 361. The smallest absolute Gasteiger partial charge is 0.0468 e. The summed E-state index contributed by atoms with van der Waals surface area (Å²) in [7, 11) is 0. The molecule has 1 atom stereocenters. The lowest BCUT2D eigenvalue weighted by molar-refractivity contribution is 0.607. The first-order valence-corrected chi connectivity index (χ1v) is 5.59. The number of hydrogen-bond acceptors (Lipinski definition) is 1. The SMILES string of the molecule is C=C(C)CN[C@H](C)c1ccc(Cl)cc1Cl. The largest absolute Gasteiger partial charge is 0.306 e. The number of halogens is 2. The topological polar surface area (TPSA) is 12.0 Å². The van der Waals surface area contributed by atoms with Gasteiger partial charge in [-0.05, 0) is 31.5 Å². The molecule has 0 fully saturated rings. The summed E-state index contributed by atoms with van der Waals surface area (Å²) in [6.45, 7) is 8.69.